The van der Waals surface area contributed by atoms with Gasteiger partial charge in [0.25, 0.3) is 0 Å². The third kappa shape index (κ3) is 5.33. The fourth-order valence-corrected chi connectivity index (χ4v) is 1.91. The Morgan fingerprint density at radius 1 is 1.50 bits per heavy atom. The Morgan fingerprint density at radius 3 is 2.89 bits per heavy atom. The van der Waals surface area contributed by atoms with Crippen molar-refractivity contribution in [3.8, 4) is 0 Å². The van der Waals surface area contributed by atoms with Gasteiger partial charge in [-0.05, 0) is 13.3 Å². The molecule has 1 amide bonds. The number of carbonyl (C=O) groups is 1. The average Bonchev–Trinajstić information content (AvgIpc) is 2.79. The SMILES string of the molecule is CCCCCNC(=O)C(C)NCC1(O)CCOC1. The third-order valence-electron chi connectivity index (χ3n) is 3.29. The maximum absolute atomic E-state index is 11.7. The van der Waals surface area contributed by atoms with Crippen LogP contribution in [0.5, 0.6) is 0 Å². The van der Waals surface area contributed by atoms with Gasteiger partial charge < -0.3 is 20.5 Å². The molecular weight excluding hydrogens is 232 g/mol. The highest BCUT2D eigenvalue weighted by Crippen LogP contribution is 2.16. The van der Waals surface area contributed by atoms with Crippen molar-refractivity contribution in [1.29, 1.82) is 0 Å². The van der Waals surface area contributed by atoms with Crippen molar-refractivity contribution in [3.05, 3.63) is 0 Å². The Kier molecular flexibility index (Phi) is 6.60. The highest BCUT2D eigenvalue weighted by molar-refractivity contribution is 5.81. The summed E-state index contributed by atoms with van der Waals surface area (Å²) in [6.45, 7) is 6.02. The number of hydrogen-bond donors (Lipinski definition) is 3. The number of rotatable bonds is 8. The van der Waals surface area contributed by atoms with Gasteiger partial charge >= 0.3 is 0 Å². The lowest BCUT2D eigenvalue weighted by Gasteiger charge is -2.23. The number of unbranched alkanes of at least 4 members (excludes halogenated alkanes) is 2. The largest absolute Gasteiger partial charge is 0.386 e. The van der Waals surface area contributed by atoms with E-state index in [1.54, 1.807) is 0 Å². The Morgan fingerprint density at radius 2 is 2.28 bits per heavy atom. The van der Waals surface area contributed by atoms with Crippen LogP contribution in [0.4, 0.5) is 0 Å². The summed E-state index contributed by atoms with van der Waals surface area (Å²) in [6.07, 6.45) is 3.94. The molecule has 1 rings (SSSR count). The quantitative estimate of drug-likeness (QED) is 0.552. The zero-order chi connectivity index (χ0) is 13.4. The monoisotopic (exact) mass is 258 g/mol. The minimum Gasteiger partial charge on any atom is -0.386 e. The van der Waals surface area contributed by atoms with E-state index in [1.165, 1.54) is 0 Å². The average molecular weight is 258 g/mol. The lowest BCUT2D eigenvalue weighted by atomic mass is 10.0. The molecule has 0 aromatic heterocycles. The van der Waals surface area contributed by atoms with Crippen molar-refractivity contribution < 1.29 is 14.6 Å². The number of aliphatic hydroxyl groups is 1. The molecule has 18 heavy (non-hydrogen) atoms. The number of carbonyl (C=O) groups excluding carboxylic acids is 1. The highest BCUT2D eigenvalue weighted by Gasteiger charge is 2.32. The molecule has 1 saturated heterocycles. The van der Waals surface area contributed by atoms with Gasteiger partial charge in [-0.3, -0.25) is 4.79 Å². The first-order valence-electron chi connectivity index (χ1n) is 6.88. The van der Waals surface area contributed by atoms with Crippen LogP contribution in [0.25, 0.3) is 0 Å². The van der Waals surface area contributed by atoms with Crippen molar-refractivity contribution in [2.75, 3.05) is 26.3 Å². The van der Waals surface area contributed by atoms with Gasteiger partial charge in [-0.25, -0.2) is 0 Å². The van der Waals surface area contributed by atoms with Crippen molar-refractivity contribution in [3.63, 3.8) is 0 Å². The standard InChI is InChI=1S/C13H26N2O3/c1-3-4-5-7-14-12(16)11(2)15-9-13(17)6-8-18-10-13/h11,15,17H,3-10H2,1-2H3,(H,14,16). The van der Waals surface area contributed by atoms with Crippen LogP contribution in [-0.2, 0) is 9.53 Å². The fourth-order valence-electron chi connectivity index (χ4n) is 1.91. The van der Waals surface area contributed by atoms with Crippen LogP contribution in [0.2, 0.25) is 0 Å². The van der Waals surface area contributed by atoms with Gasteiger partial charge in [-0.2, -0.15) is 0 Å². The van der Waals surface area contributed by atoms with E-state index in [2.05, 4.69) is 17.6 Å². The van der Waals surface area contributed by atoms with Gasteiger partial charge in [0.05, 0.1) is 12.6 Å². The molecule has 0 aromatic rings. The predicted molar refractivity (Wildman–Crippen MR) is 70.4 cm³/mol. The van der Waals surface area contributed by atoms with E-state index >= 15 is 0 Å². The van der Waals surface area contributed by atoms with Crippen LogP contribution in [-0.4, -0.2) is 49.0 Å². The third-order valence-corrected chi connectivity index (χ3v) is 3.29. The molecule has 2 atom stereocenters. The van der Waals surface area contributed by atoms with Crippen LogP contribution in [0.1, 0.15) is 39.5 Å². The van der Waals surface area contributed by atoms with Crippen LogP contribution in [0.3, 0.4) is 0 Å². The van der Waals surface area contributed by atoms with E-state index in [9.17, 15) is 9.90 Å². The van der Waals surface area contributed by atoms with Gasteiger partial charge in [0.2, 0.25) is 5.91 Å². The predicted octanol–water partition coefficient (Wildman–Crippen LogP) is 0.422. The molecule has 0 bridgehead atoms. The first kappa shape index (κ1) is 15.4. The van der Waals surface area contributed by atoms with E-state index in [-0.39, 0.29) is 11.9 Å². The molecule has 5 nitrogen and oxygen atoms in total. The van der Waals surface area contributed by atoms with Gasteiger partial charge in [0, 0.05) is 26.1 Å². The zero-order valence-electron chi connectivity index (χ0n) is 11.5. The molecule has 1 aliphatic rings. The topological polar surface area (TPSA) is 70.6 Å². The molecule has 106 valence electrons. The van der Waals surface area contributed by atoms with Crippen LogP contribution in [0, 0.1) is 0 Å². The second kappa shape index (κ2) is 7.71. The number of ether oxygens (including phenoxy) is 1. The summed E-state index contributed by atoms with van der Waals surface area (Å²) in [6, 6.07) is -0.281. The number of hydrogen-bond acceptors (Lipinski definition) is 4. The van der Waals surface area contributed by atoms with E-state index in [1.807, 2.05) is 6.92 Å². The Hall–Kier alpha value is -0.650. The van der Waals surface area contributed by atoms with Crippen LogP contribution >= 0.6 is 0 Å². The van der Waals surface area contributed by atoms with Crippen LogP contribution in [0.15, 0.2) is 0 Å². The van der Waals surface area contributed by atoms with Gasteiger partial charge in [-0.1, -0.05) is 19.8 Å². The first-order valence-corrected chi connectivity index (χ1v) is 6.88. The van der Waals surface area contributed by atoms with E-state index < -0.39 is 5.60 Å². The molecule has 0 saturated carbocycles. The molecule has 0 radical (unpaired) electrons. The lowest BCUT2D eigenvalue weighted by molar-refractivity contribution is -0.123. The maximum atomic E-state index is 11.7. The van der Waals surface area contributed by atoms with Crippen molar-refractivity contribution >= 4 is 5.91 Å². The van der Waals surface area contributed by atoms with Crippen LogP contribution < -0.4 is 10.6 Å². The van der Waals surface area contributed by atoms with E-state index in [0.29, 0.717) is 26.2 Å². The van der Waals surface area contributed by atoms with Gasteiger partial charge in [-0.15, -0.1) is 0 Å². The molecule has 5 heteroatoms. The fraction of sp³-hybridized carbons (Fsp3) is 0.923. The summed E-state index contributed by atoms with van der Waals surface area (Å²) in [7, 11) is 0. The summed E-state index contributed by atoms with van der Waals surface area (Å²) in [4.78, 5) is 11.7. The smallest absolute Gasteiger partial charge is 0.236 e. The van der Waals surface area contributed by atoms with Gasteiger partial charge in [0.15, 0.2) is 0 Å². The number of amides is 1. The molecule has 3 N–H and O–H groups in total. The second-order valence-corrected chi connectivity index (χ2v) is 5.13. The van der Waals surface area contributed by atoms with Crippen molar-refractivity contribution in [2.45, 2.75) is 51.2 Å². The summed E-state index contributed by atoms with van der Waals surface area (Å²) in [5, 5.41) is 16.0. The molecule has 0 aliphatic carbocycles. The Balaban J connectivity index is 2.15. The highest BCUT2D eigenvalue weighted by atomic mass is 16.5. The zero-order valence-corrected chi connectivity index (χ0v) is 11.5. The maximum Gasteiger partial charge on any atom is 0.236 e. The van der Waals surface area contributed by atoms with Crippen molar-refractivity contribution in [2.24, 2.45) is 0 Å². The minimum atomic E-state index is -0.809. The number of nitrogens with one attached hydrogen (secondary N) is 2. The summed E-state index contributed by atoms with van der Waals surface area (Å²) in [5.41, 5.74) is -0.809. The summed E-state index contributed by atoms with van der Waals surface area (Å²) in [5.74, 6) is -0.00591. The molecule has 1 fully saturated rings. The van der Waals surface area contributed by atoms with Gasteiger partial charge in [0.1, 0.15) is 5.60 Å². The second-order valence-electron chi connectivity index (χ2n) is 5.13. The lowest BCUT2D eigenvalue weighted by Crippen LogP contribution is -2.49. The van der Waals surface area contributed by atoms with E-state index in [4.69, 9.17) is 4.74 Å². The Bertz CT molecular complexity index is 253. The molecule has 1 aliphatic heterocycles. The van der Waals surface area contributed by atoms with E-state index in [0.717, 1.165) is 25.8 Å². The molecular formula is C13H26N2O3. The Labute approximate surface area is 109 Å². The van der Waals surface area contributed by atoms with Crippen molar-refractivity contribution in [1.82, 2.24) is 10.6 Å². The minimum absolute atomic E-state index is 0.00591. The summed E-state index contributed by atoms with van der Waals surface area (Å²) < 4.78 is 5.15. The summed E-state index contributed by atoms with van der Waals surface area (Å²) >= 11 is 0. The molecule has 1 heterocycles. The first-order chi connectivity index (χ1) is 8.57. The molecule has 0 spiro atoms. The molecule has 2 unspecified atom stereocenters. The normalized spacial score (nSPS) is 25.1. The molecule has 0 aromatic carbocycles.